The van der Waals surface area contributed by atoms with Crippen molar-refractivity contribution in [3.63, 3.8) is 0 Å². The van der Waals surface area contributed by atoms with Crippen LogP contribution in [-0.4, -0.2) is 87.1 Å². The number of nitrogens with one attached hydrogen (secondary N) is 2. The molecule has 1 heterocycles. The van der Waals surface area contributed by atoms with Gasteiger partial charge in [0, 0.05) is 46.4 Å². The first kappa shape index (κ1) is 21.5. The van der Waals surface area contributed by atoms with Gasteiger partial charge in [-0.1, -0.05) is 12.8 Å². The van der Waals surface area contributed by atoms with Crippen LogP contribution >= 0.6 is 0 Å². The highest BCUT2D eigenvalue weighted by molar-refractivity contribution is 5.85. The maximum absolute atomic E-state index is 12.1. The predicted octanol–water partition coefficient (Wildman–Crippen LogP) is 0.580. The number of hydrogen-bond acceptors (Lipinski definition) is 4. The quantitative estimate of drug-likeness (QED) is 0.498. The Balaban J connectivity index is 1.86. The third kappa shape index (κ3) is 7.36. The molecular formula is C19H35N5O3. The zero-order valence-electron chi connectivity index (χ0n) is 17.0. The number of nitrogens with zero attached hydrogens (tertiary/aromatic N) is 3. The predicted molar refractivity (Wildman–Crippen MR) is 106 cm³/mol. The van der Waals surface area contributed by atoms with Gasteiger partial charge in [-0.05, 0) is 25.7 Å². The van der Waals surface area contributed by atoms with Crippen molar-refractivity contribution in [1.82, 2.24) is 20.4 Å². The van der Waals surface area contributed by atoms with Crippen LogP contribution in [0.15, 0.2) is 4.99 Å². The lowest BCUT2D eigenvalue weighted by Crippen LogP contribution is -2.51. The fourth-order valence-corrected chi connectivity index (χ4v) is 3.50. The lowest BCUT2D eigenvalue weighted by atomic mass is 10.0. The van der Waals surface area contributed by atoms with Crippen LogP contribution in [0.3, 0.4) is 0 Å². The van der Waals surface area contributed by atoms with Crippen molar-refractivity contribution >= 4 is 17.8 Å². The minimum Gasteiger partial charge on any atom is -0.384 e. The van der Waals surface area contributed by atoms with Gasteiger partial charge in [0.1, 0.15) is 6.54 Å². The molecule has 0 spiro atoms. The Morgan fingerprint density at radius 2 is 1.67 bits per heavy atom. The standard InChI is InChI=1S/C19H35N5O3/c1-23(2)18(26)14-20-19(21-15-6-4-5-7-15)22-16-8-11-24(12-9-16)17(25)10-13-27-3/h15-16H,4-14H2,1-3H3,(H2,20,21,22). The first-order valence-corrected chi connectivity index (χ1v) is 10.0. The molecule has 1 saturated heterocycles. The number of hydrogen-bond donors (Lipinski definition) is 2. The van der Waals surface area contributed by atoms with Crippen molar-refractivity contribution in [3.05, 3.63) is 0 Å². The maximum atomic E-state index is 12.1. The van der Waals surface area contributed by atoms with Gasteiger partial charge in [-0.25, -0.2) is 4.99 Å². The number of methoxy groups -OCH3 is 1. The summed E-state index contributed by atoms with van der Waals surface area (Å²) in [5, 5.41) is 6.98. The summed E-state index contributed by atoms with van der Waals surface area (Å²) in [6.07, 6.45) is 6.98. The first-order valence-electron chi connectivity index (χ1n) is 10.0. The molecular weight excluding hydrogens is 346 g/mol. The normalized spacial score (nSPS) is 19.2. The molecule has 0 radical (unpaired) electrons. The van der Waals surface area contributed by atoms with Crippen molar-refractivity contribution in [2.75, 3.05) is 47.4 Å². The second-order valence-electron chi connectivity index (χ2n) is 7.62. The molecule has 27 heavy (non-hydrogen) atoms. The number of likely N-dealkylation sites (N-methyl/N-ethyl adjacent to an activating group) is 1. The third-order valence-electron chi connectivity index (χ3n) is 5.28. The number of piperidine rings is 1. The van der Waals surface area contributed by atoms with E-state index in [1.54, 1.807) is 26.1 Å². The van der Waals surface area contributed by atoms with E-state index in [2.05, 4.69) is 15.6 Å². The molecule has 1 aliphatic heterocycles. The van der Waals surface area contributed by atoms with Gasteiger partial charge in [0.05, 0.1) is 13.0 Å². The minimum atomic E-state index is -0.0129. The fourth-order valence-electron chi connectivity index (χ4n) is 3.50. The Hall–Kier alpha value is -1.83. The van der Waals surface area contributed by atoms with E-state index in [0.717, 1.165) is 44.7 Å². The Kier molecular flexibility index (Phi) is 8.84. The Bertz CT molecular complexity index is 509. The molecule has 2 rings (SSSR count). The molecule has 2 amide bonds. The van der Waals surface area contributed by atoms with E-state index in [4.69, 9.17) is 4.74 Å². The molecule has 0 aromatic carbocycles. The van der Waals surface area contributed by atoms with Crippen LogP contribution in [0.1, 0.15) is 44.9 Å². The van der Waals surface area contributed by atoms with E-state index in [1.165, 1.54) is 12.8 Å². The maximum Gasteiger partial charge on any atom is 0.243 e. The topological polar surface area (TPSA) is 86.3 Å². The second kappa shape index (κ2) is 11.1. The van der Waals surface area contributed by atoms with Gasteiger partial charge in [0.2, 0.25) is 11.8 Å². The van der Waals surface area contributed by atoms with Crippen LogP contribution in [0.4, 0.5) is 0 Å². The Labute approximate surface area is 162 Å². The SMILES string of the molecule is COCCC(=O)N1CCC(NC(=NCC(=O)N(C)C)NC2CCCC2)CC1. The van der Waals surface area contributed by atoms with Crippen LogP contribution in [-0.2, 0) is 14.3 Å². The molecule has 0 unspecified atom stereocenters. The molecule has 0 atom stereocenters. The highest BCUT2D eigenvalue weighted by Gasteiger charge is 2.24. The summed E-state index contributed by atoms with van der Waals surface area (Å²) >= 11 is 0. The Morgan fingerprint density at radius 1 is 1.07 bits per heavy atom. The van der Waals surface area contributed by atoms with Crippen LogP contribution in [0.2, 0.25) is 0 Å². The first-order chi connectivity index (χ1) is 13.0. The van der Waals surface area contributed by atoms with Crippen molar-refractivity contribution in [3.8, 4) is 0 Å². The van der Waals surface area contributed by atoms with E-state index in [-0.39, 0.29) is 24.4 Å². The highest BCUT2D eigenvalue weighted by Crippen LogP contribution is 2.18. The average molecular weight is 382 g/mol. The number of carbonyl (C=O) groups is 2. The van der Waals surface area contributed by atoms with Crippen LogP contribution < -0.4 is 10.6 Å². The smallest absolute Gasteiger partial charge is 0.243 e. The number of rotatable bonds is 7. The van der Waals surface area contributed by atoms with Gasteiger partial charge in [0.25, 0.3) is 0 Å². The summed E-state index contributed by atoms with van der Waals surface area (Å²) in [5.41, 5.74) is 0. The molecule has 1 saturated carbocycles. The van der Waals surface area contributed by atoms with E-state index >= 15 is 0 Å². The summed E-state index contributed by atoms with van der Waals surface area (Å²) in [7, 11) is 5.10. The summed E-state index contributed by atoms with van der Waals surface area (Å²) in [6.45, 7) is 2.10. The average Bonchev–Trinajstić information content (AvgIpc) is 3.17. The number of guanidine groups is 1. The van der Waals surface area contributed by atoms with Crippen molar-refractivity contribution in [2.45, 2.75) is 57.0 Å². The van der Waals surface area contributed by atoms with Gasteiger partial charge in [-0.2, -0.15) is 0 Å². The molecule has 2 N–H and O–H groups in total. The molecule has 0 bridgehead atoms. The lowest BCUT2D eigenvalue weighted by Gasteiger charge is -2.33. The summed E-state index contributed by atoms with van der Waals surface area (Å²) < 4.78 is 4.99. The highest BCUT2D eigenvalue weighted by atomic mass is 16.5. The van der Waals surface area contributed by atoms with Gasteiger partial charge in [0.15, 0.2) is 5.96 Å². The largest absolute Gasteiger partial charge is 0.384 e. The number of carbonyl (C=O) groups excluding carboxylic acids is 2. The number of aliphatic imine (C=N–C) groups is 1. The Morgan fingerprint density at radius 3 is 2.22 bits per heavy atom. The molecule has 8 heteroatoms. The van der Waals surface area contributed by atoms with Crippen LogP contribution in [0, 0.1) is 0 Å². The molecule has 0 aromatic heterocycles. The molecule has 2 fully saturated rings. The zero-order valence-corrected chi connectivity index (χ0v) is 17.0. The fraction of sp³-hybridized carbons (Fsp3) is 0.842. The number of amides is 2. The summed E-state index contributed by atoms with van der Waals surface area (Å²) in [6, 6.07) is 0.694. The van der Waals surface area contributed by atoms with E-state index in [9.17, 15) is 9.59 Å². The van der Waals surface area contributed by atoms with Gasteiger partial charge >= 0.3 is 0 Å². The van der Waals surface area contributed by atoms with E-state index in [0.29, 0.717) is 19.1 Å². The van der Waals surface area contributed by atoms with Crippen molar-refractivity contribution in [2.24, 2.45) is 4.99 Å². The van der Waals surface area contributed by atoms with Crippen molar-refractivity contribution in [1.29, 1.82) is 0 Å². The number of ether oxygens (including phenoxy) is 1. The van der Waals surface area contributed by atoms with Gasteiger partial charge in [-0.15, -0.1) is 0 Å². The van der Waals surface area contributed by atoms with E-state index < -0.39 is 0 Å². The molecule has 154 valence electrons. The lowest BCUT2D eigenvalue weighted by molar-refractivity contribution is -0.133. The third-order valence-corrected chi connectivity index (χ3v) is 5.28. The zero-order chi connectivity index (χ0) is 19.6. The molecule has 8 nitrogen and oxygen atoms in total. The summed E-state index contributed by atoms with van der Waals surface area (Å²) in [5.74, 6) is 0.868. The van der Waals surface area contributed by atoms with Crippen molar-refractivity contribution < 1.29 is 14.3 Å². The van der Waals surface area contributed by atoms with Crippen LogP contribution in [0.25, 0.3) is 0 Å². The van der Waals surface area contributed by atoms with Crippen LogP contribution in [0.5, 0.6) is 0 Å². The van der Waals surface area contributed by atoms with Gasteiger partial charge < -0.3 is 25.2 Å². The molecule has 1 aliphatic carbocycles. The molecule has 2 aliphatic rings. The molecule has 0 aromatic rings. The summed E-state index contributed by atoms with van der Waals surface area (Å²) in [4.78, 5) is 32.0. The second-order valence-corrected chi connectivity index (χ2v) is 7.62. The van der Waals surface area contributed by atoms with Gasteiger partial charge in [-0.3, -0.25) is 9.59 Å². The van der Waals surface area contributed by atoms with E-state index in [1.807, 2.05) is 4.90 Å². The monoisotopic (exact) mass is 381 g/mol. The minimum absolute atomic E-state index is 0.0129. The number of likely N-dealkylation sites (tertiary alicyclic amines) is 1.